The fourth-order valence-electron chi connectivity index (χ4n) is 1.62. The van der Waals surface area contributed by atoms with Crippen LogP contribution in [0.15, 0.2) is 24.4 Å². The van der Waals surface area contributed by atoms with Gasteiger partial charge in [-0.05, 0) is 18.2 Å². The molecule has 0 radical (unpaired) electrons. The highest BCUT2D eigenvalue weighted by molar-refractivity contribution is 6.05. The van der Waals surface area contributed by atoms with Crippen LogP contribution in [0.3, 0.4) is 0 Å². The Morgan fingerprint density at radius 2 is 2.26 bits per heavy atom. The van der Waals surface area contributed by atoms with Crippen LogP contribution in [0.4, 0.5) is 11.5 Å². The Balaban J connectivity index is 2.23. The number of rotatable bonds is 3. The molecule has 7 heteroatoms. The van der Waals surface area contributed by atoms with Crippen LogP contribution in [0.5, 0.6) is 11.5 Å². The number of aromatic hydroxyl groups is 1. The lowest BCUT2D eigenvalue weighted by atomic mass is 10.2. The van der Waals surface area contributed by atoms with Crippen molar-refractivity contribution in [3.8, 4) is 11.5 Å². The average molecular weight is 262 g/mol. The largest absolute Gasteiger partial charge is 0.504 e. The maximum Gasteiger partial charge on any atom is 0.257 e. The van der Waals surface area contributed by atoms with Crippen molar-refractivity contribution >= 4 is 17.4 Å². The summed E-state index contributed by atoms with van der Waals surface area (Å²) in [5.41, 5.74) is 6.34. The van der Waals surface area contributed by atoms with E-state index in [1.165, 1.54) is 30.1 Å². The number of nitrogen functional groups attached to an aromatic ring is 1. The van der Waals surface area contributed by atoms with Gasteiger partial charge in [0.2, 0.25) is 0 Å². The molecule has 1 aromatic carbocycles. The van der Waals surface area contributed by atoms with Gasteiger partial charge in [0.25, 0.3) is 5.91 Å². The van der Waals surface area contributed by atoms with E-state index in [1.54, 1.807) is 13.1 Å². The Kier molecular flexibility index (Phi) is 3.28. The Morgan fingerprint density at radius 3 is 2.79 bits per heavy atom. The summed E-state index contributed by atoms with van der Waals surface area (Å²) in [4.78, 5) is 12.0. The SMILES string of the molecule is COc1ccc(C(=O)Nc2c(N)cnn2C)cc1O. The minimum atomic E-state index is -0.395. The summed E-state index contributed by atoms with van der Waals surface area (Å²) in [6.45, 7) is 0. The van der Waals surface area contributed by atoms with E-state index >= 15 is 0 Å². The number of nitrogens with one attached hydrogen (secondary N) is 1. The van der Waals surface area contributed by atoms with E-state index in [1.807, 2.05) is 0 Å². The van der Waals surface area contributed by atoms with Gasteiger partial charge in [-0.15, -0.1) is 0 Å². The number of carbonyl (C=O) groups excluding carboxylic acids is 1. The fourth-order valence-corrected chi connectivity index (χ4v) is 1.62. The summed E-state index contributed by atoms with van der Waals surface area (Å²) in [6, 6.07) is 4.37. The van der Waals surface area contributed by atoms with Gasteiger partial charge in [-0.3, -0.25) is 9.48 Å². The summed E-state index contributed by atoms with van der Waals surface area (Å²) in [7, 11) is 3.10. The van der Waals surface area contributed by atoms with E-state index in [4.69, 9.17) is 10.5 Å². The van der Waals surface area contributed by atoms with Gasteiger partial charge in [0.05, 0.1) is 19.0 Å². The minimum absolute atomic E-state index is 0.104. The van der Waals surface area contributed by atoms with Crippen molar-refractivity contribution in [2.24, 2.45) is 7.05 Å². The number of ether oxygens (including phenoxy) is 1. The normalized spacial score (nSPS) is 10.2. The monoisotopic (exact) mass is 262 g/mol. The topological polar surface area (TPSA) is 102 Å². The van der Waals surface area contributed by atoms with Crippen molar-refractivity contribution in [2.45, 2.75) is 0 Å². The third-order valence-electron chi connectivity index (χ3n) is 2.64. The first-order valence-electron chi connectivity index (χ1n) is 5.48. The molecule has 0 spiro atoms. The Labute approximate surface area is 109 Å². The number of hydrogen-bond acceptors (Lipinski definition) is 5. The smallest absolute Gasteiger partial charge is 0.257 e. The van der Waals surface area contributed by atoms with E-state index in [9.17, 15) is 9.90 Å². The van der Waals surface area contributed by atoms with Gasteiger partial charge in [-0.2, -0.15) is 5.10 Å². The van der Waals surface area contributed by atoms with Gasteiger partial charge in [-0.1, -0.05) is 0 Å². The molecule has 0 aliphatic carbocycles. The zero-order valence-corrected chi connectivity index (χ0v) is 10.5. The van der Waals surface area contributed by atoms with Crippen molar-refractivity contribution in [3.63, 3.8) is 0 Å². The lowest BCUT2D eigenvalue weighted by Gasteiger charge is -2.08. The number of phenolic OH excluding ortho intramolecular Hbond substituents is 1. The fraction of sp³-hybridized carbons (Fsp3) is 0.167. The summed E-state index contributed by atoms with van der Waals surface area (Å²) >= 11 is 0. The number of carbonyl (C=O) groups is 1. The number of aromatic nitrogens is 2. The lowest BCUT2D eigenvalue weighted by molar-refractivity contribution is 0.102. The average Bonchev–Trinajstić information content (AvgIpc) is 2.70. The van der Waals surface area contributed by atoms with E-state index < -0.39 is 5.91 Å². The van der Waals surface area contributed by atoms with Crippen LogP contribution in [0.1, 0.15) is 10.4 Å². The van der Waals surface area contributed by atoms with Crippen molar-refractivity contribution in [3.05, 3.63) is 30.0 Å². The van der Waals surface area contributed by atoms with Crippen molar-refractivity contribution in [1.29, 1.82) is 0 Å². The number of phenols is 1. The zero-order valence-electron chi connectivity index (χ0n) is 10.5. The molecular formula is C12H14N4O3. The Morgan fingerprint density at radius 1 is 1.53 bits per heavy atom. The molecule has 100 valence electrons. The summed E-state index contributed by atoms with van der Waals surface area (Å²) in [5, 5.41) is 16.2. The van der Waals surface area contributed by atoms with Crippen molar-refractivity contribution < 1.29 is 14.6 Å². The number of aryl methyl sites for hydroxylation is 1. The number of methoxy groups -OCH3 is 1. The summed E-state index contributed by atoms with van der Waals surface area (Å²) in [5.74, 6) is 0.207. The molecule has 0 unspecified atom stereocenters. The number of benzene rings is 1. The van der Waals surface area contributed by atoms with E-state index in [-0.39, 0.29) is 5.75 Å². The van der Waals surface area contributed by atoms with Crippen molar-refractivity contribution in [1.82, 2.24) is 9.78 Å². The second-order valence-electron chi connectivity index (χ2n) is 3.91. The number of anilines is 2. The van der Waals surface area contributed by atoms with Crippen LogP contribution < -0.4 is 15.8 Å². The molecule has 7 nitrogen and oxygen atoms in total. The maximum absolute atomic E-state index is 12.0. The zero-order chi connectivity index (χ0) is 14.0. The maximum atomic E-state index is 12.0. The highest BCUT2D eigenvalue weighted by Crippen LogP contribution is 2.27. The molecule has 0 aliphatic rings. The number of nitrogens with two attached hydrogens (primary N) is 1. The Bertz CT molecular complexity index is 602. The van der Waals surface area contributed by atoms with Gasteiger partial charge in [0.15, 0.2) is 17.3 Å². The molecule has 0 saturated carbocycles. The van der Waals surface area contributed by atoms with Gasteiger partial charge < -0.3 is 20.9 Å². The standard InChI is InChI=1S/C12H14N4O3/c1-16-11(8(13)6-14-16)15-12(18)7-3-4-10(19-2)9(17)5-7/h3-6,17H,13H2,1-2H3,(H,15,18). The van der Waals surface area contributed by atoms with E-state index in [0.717, 1.165) is 0 Å². The minimum Gasteiger partial charge on any atom is -0.504 e. The lowest BCUT2D eigenvalue weighted by Crippen LogP contribution is -2.15. The van der Waals surface area contributed by atoms with Crippen LogP contribution in [-0.4, -0.2) is 27.9 Å². The first-order chi connectivity index (χ1) is 9.02. The van der Waals surface area contributed by atoms with Gasteiger partial charge >= 0.3 is 0 Å². The third kappa shape index (κ3) is 2.44. The predicted molar refractivity (Wildman–Crippen MR) is 70.2 cm³/mol. The molecule has 2 rings (SSSR count). The highest BCUT2D eigenvalue weighted by atomic mass is 16.5. The second-order valence-corrected chi connectivity index (χ2v) is 3.91. The molecule has 19 heavy (non-hydrogen) atoms. The van der Waals surface area contributed by atoms with Crippen LogP contribution in [-0.2, 0) is 7.05 Å². The molecule has 0 aliphatic heterocycles. The van der Waals surface area contributed by atoms with Crippen LogP contribution >= 0.6 is 0 Å². The first kappa shape index (κ1) is 12.7. The Hall–Kier alpha value is -2.70. The van der Waals surface area contributed by atoms with E-state index in [2.05, 4.69) is 10.4 Å². The van der Waals surface area contributed by atoms with Crippen LogP contribution in [0.25, 0.3) is 0 Å². The van der Waals surface area contributed by atoms with E-state index in [0.29, 0.717) is 22.8 Å². The van der Waals surface area contributed by atoms with Crippen LogP contribution in [0, 0.1) is 0 Å². The van der Waals surface area contributed by atoms with Crippen molar-refractivity contribution in [2.75, 3.05) is 18.2 Å². The predicted octanol–water partition coefficient (Wildman–Crippen LogP) is 0.969. The highest BCUT2D eigenvalue weighted by Gasteiger charge is 2.13. The molecule has 0 saturated heterocycles. The molecule has 1 aromatic heterocycles. The molecule has 1 heterocycles. The number of nitrogens with zero attached hydrogens (tertiary/aromatic N) is 2. The first-order valence-corrected chi connectivity index (χ1v) is 5.48. The van der Waals surface area contributed by atoms with Gasteiger partial charge in [0, 0.05) is 12.6 Å². The second kappa shape index (κ2) is 4.89. The number of amides is 1. The molecule has 0 atom stereocenters. The van der Waals surface area contributed by atoms with Crippen LogP contribution in [0.2, 0.25) is 0 Å². The quantitative estimate of drug-likeness (QED) is 0.764. The summed E-state index contributed by atoms with van der Waals surface area (Å²) < 4.78 is 6.36. The molecule has 2 aromatic rings. The molecule has 1 amide bonds. The molecule has 0 fully saturated rings. The van der Waals surface area contributed by atoms with Gasteiger partial charge in [0.1, 0.15) is 0 Å². The summed E-state index contributed by atoms with van der Waals surface area (Å²) in [6.07, 6.45) is 1.45. The molecule has 0 bridgehead atoms. The third-order valence-corrected chi connectivity index (χ3v) is 2.64. The molecule has 4 N–H and O–H groups in total. The number of hydrogen-bond donors (Lipinski definition) is 3. The van der Waals surface area contributed by atoms with Gasteiger partial charge in [-0.25, -0.2) is 0 Å². The molecular weight excluding hydrogens is 248 g/mol.